The molecule has 0 N–H and O–H groups in total. The lowest BCUT2D eigenvalue weighted by Gasteiger charge is -2.30. The molecule has 28 heavy (non-hydrogen) atoms. The predicted molar refractivity (Wildman–Crippen MR) is 100 cm³/mol. The maximum Gasteiger partial charge on any atom is 0.415 e. The molecule has 3 heterocycles. The van der Waals surface area contributed by atoms with E-state index in [2.05, 4.69) is 15.2 Å². The summed E-state index contributed by atoms with van der Waals surface area (Å²) in [7, 11) is 0. The number of rotatable bonds is 3. The first-order valence-corrected chi connectivity index (χ1v) is 9.16. The van der Waals surface area contributed by atoms with Crippen LogP contribution in [0.4, 0.5) is 9.18 Å². The number of aryl methyl sites for hydroxylation is 1. The molecule has 1 fully saturated rings. The number of likely N-dealkylation sites (tertiary alicyclic amines) is 1. The molecule has 8 heteroatoms. The number of hydrogen-bond acceptors (Lipinski definition) is 5. The summed E-state index contributed by atoms with van der Waals surface area (Å²) >= 11 is 0. The first-order chi connectivity index (χ1) is 13.6. The number of halogens is 1. The number of piperidine rings is 1. The van der Waals surface area contributed by atoms with E-state index in [1.807, 2.05) is 0 Å². The number of carbonyl (C=O) groups excluding carboxylic acids is 1. The highest BCUT2D eigenvalue weighted by Gasteiger charge is 2.26. The summed E-state index contributed by atoms with van der Waals surface area (Å²) in [5.41, 5.74) is 2.20. The number of aromatic nitrogens is 4. The molecule has 0 spiro atoms. The molecule has 0 atom stereocenters. The number of carbonyl (C=O) groups is 1. The number of nitrogens with zero attached hydrogens (tertiary/aromatic N) is 5. The van der Waals surface area contributed by atoms with E-state index in [-0.39, 0.29) is 18.0 Å². The van der Waals surface area contributed by atoms with Crippen molar-refractivity contribution in [2.45, 2.75) is 25.8 Å². The summed E-state index contributed by atoms with van der Waals surface area (Å²) in [6.45, 7) is 2.93. The fourth-order valence-electron chi connectivity index (χ4n) is 3.22. The Morgan fingerprint density at radius 2 is 1.93 bits per heavy atom. The maximum absolute atomic E-state index is 13.1. The molecule has 4 rings (SSSR count). The summed E-state index contributed by atoms with van der Waals surface area (Å²) in [6.07, 6.45) is 4.45. The van der Waals surface area contributed by atoms with E-state index >= 15 is 0 Å². The quantitative estimate of drug-likeness (QED) is 0.693. The summed E-state index contributed by atoms with van der Waals surface area (Å²) in [6, 6.07) is 9.76. The molecule has 1 aliphatic heterocycles. The number of pyridine rings is 1. The summed E-state index contributed by atoms with van der Waals surface area (Å²) < 4.78 is 18.5. The van der Waals surface area contributed by atoms with Crippen molar-refractivity contribution in [3.63, 3.8) is 0 Å². The van der Waals surface area contributed by atoms with E-state index in [0.29, 0.717) is 30.2 Å². The monoisotopic (exact) mass is 381 g/mol. The van der Waals surface area contributed by atoms with Gasteiger partial charge in [0, 0.05) is 24.8 Å². The minimum atomic E-state index is -0.366. The van der Waals surface area contributed by atoms with Crippen LogP contribution in [0.15, 0.2) is 48.8 Å². The second-order valence-corrected chi connectivity index (χ2v) is 6.73. The average molecular weight is 381 g/mol. The van der Waals surface area contributed by atoms with Gasteiger partial charge in [-0.15, -0.1) is 0 Å². The lowest BCUT2D eigenvalue weighted by molar-refractivity contribution is 0.127. The van der Waals surface area contributed by atoms with Gasteiger partial charge in [0.1, 0.15) is 11.5 Å². The topological polar surface area (TPSA) is 73.1 Å². The van der Waals surface area contributed by atoms with Gasteiger partial charge < -0.3 is 9.64 Å². The highest BCUT2D eigenvalue weighted by atomic mass is 19.1. The zero-order valence-electron chi connectivity index (χ0n) is 15.5. The van der Waals surface area contributed by atoms with Gasteiger partial charge in [0.15, 0.2) is 5.75 Å². The summed E-state index contributed by atoms with van der Waals surface area (Å²) in [4.78, 5) is 19.9. The Kier molecular flexibility index (Phi) is 5.01. The van der Waals surface area contributed by atoms with Gasteiger partial charge in [0.05, 0.1) is 17.9 Å². The minimum absolute atomic E-state index is 0.110. The zero-order chi connectivity index (χ0) is 19.5. The Morgan fingerprint density at radius 1 is 1.18 bits per heavy atom. The first kappa shape index (κ1) is 18.1. The van der Waals surface area contributed by atoms with Gasteiger partial charge in [-0.25, -0.2) is 9.18 Å². The van der Waals surface area contributed by atoms with E-state index in [0.717, 1.165) is 18.4 Å². The largest absolute Gasteiger partial charge is 0.415 e. The Balaban J connectivity index is 1.36. The van der Waals surface area contributed by atoms with Crippen molar-refractivity contribution in [2.75, 3.05) is 13.1 Å². The van der Waals surface area contributed by atoms with Gasteiger partial charge in [-0.05, 0) is 56.2 Å². The number of amides is 1. The molecular weight excluding hydrogens is 361 g/mol. The van der Waals surface area contributed by atoms with E-state index in [4.69, 9.17) is 4.74 Å². The Hall–Kier alpha value is -3.29. The molecule has 1 aliphatic rings. The third-order valence-electron chi connectivity index (χ3n) is 4.85. The SMILES string of the molecule is Cc1ncccc1OC(=O)N1CCC(n2ncc(-c3ccc(F)cc3)n2)CC1. The molecule has 3 aromatic rings. The summed E-state index contributed by atoms with van der Waals surface area (Å²) in [5, 5.41) is 8.88. The molecule has 0 aliphatic carbocycles. The second kappa shape index (κ2) is 7.75. The fourth-order valence-corrected chi connectivity index (χ4v) is 3.22. The Morgan fingerprint density at radius 3 is 2.64 bits per heavy atom. The lowest BCUT2D eigenvalue weighted by atomic mass is 10.1. The van der Waals surface area contributed by atoms with E-state index in [1.165, 1.54) is 12.1 Å². The number of benzene rings is 1. The summed E-state index contributed by atoms with van der Waals surface area (Å²) in [5.74, 6) is 0.198. The molecule has 0 radical (unpaired) electrons. The van der Waals surface area contributed by atoms with Gasteiger partial charge in [0.25, 0.3) is 0 Å². The maximum atomic E-state index is 13.1. The van der Waals surface area contributed by atoms with Crippen LogP contribution in [0.3, 0.4) is 0 Å². The minimum Gasteiger partial charge on any atom is -0.408 e. The van der Waals surface area contributed by atoms with Crippen LogP contribution in [0.25, 0.3) is 11.3 Å². The van der Waals surface area contributed by atoms with Crippen LogP contribution < -0.4 is 4.74 Å². The van der Waals surface area contributed by atoms with Crippen molar-refractivity contribution in [2.24, 2.45) is 0 Å². The molecule has 0 bridgehead atoms. The standard InChI is InChI=1S/C20H20FN5O2/c1-14-19(3-2-10-22-14)28-20(27)25-11-8-17(9-12-25)26-23-13-18(24-26)15-4-6-16(21)7-5-15/h2-7,10,13,17H,8-9,11-12H2,1H3. The Labute approximate surface area is 161 Å². The average Bonchev–Trinajstić information content (AvgIpc) is 3.20. The highest BCUT2D eigenvalue weighted by Crippen LogP contribution is 2.24. The first-order valence-electron chi connectivity index (χ1n) is 9.16. The number of hydrogen-bond donors (Lipinski definition) is 0. The highest BCUT2D eigenvalue weighted by molar-refractivity contribution is 5.71. The third-order valence-corrected chi connectivity index (χ3v) is 4.85. The van der Waals surface area contributed by atoms with Crippen LogP contribution in [0.2, 0.25) is 0 Å². The van der Waals surface area contributed by atoms with Crippen molar-refractivity contribution in [1.29, 1.82) is 0 Å². The van der Waals surface area contributed by atoms with Crippen LogP contribution in [0.5, 0.6) is 5.75 Å². The normalized spacial score (nSPS) is 14.9. The van der Waals surface area contributed by atoms with Crippen molar-refractivity contribution in [3.8, 4) is 17.0 Å². The fraction of sp³-hybridized carbons (Fsp3) is 0.300. The molecule has 2 aromatic heterocycles. The molecule has 1 saturated heterocycles. The van der Waals surface area contributed by atoms with Gasteiger partial charge in [0.2, 0.25) is 0 Å². The van der Waals surface area contributed by atoms with Crippen molar-refractivity contribution >= 4 is 6.09 Å². The molecular formula is C20H20FN5O2. The van der Waals surface area contributed by atoms with Crippen LogP contribution in [0.1, 0.15) is 24.6 Å². The van der Waals surface area contributed by atoms with Crippen LogP contribution >= 0.6 is 0 Å². The van der Waals surface area contributed by atoms with Crippen molar-refractivity contribution in [1.82, 2.24) is 24.9 Å². The lowest BCUT2D eigenvalue weighted by Crippen LogP contribution is -2.41. The molecule has 7 nitrogen and oxygen atoms in total. The van der Waals surface area contributed by atoms with Crippen LogP contribution in [-0.2, 0) is 0 Å². The molecule has 0 unspecified atom stereocenters. The van der Waals surface area contributed by atoms with E-state index in [1.54, 1.807) is 53.3 Å². The van der Waals surface area contributed by atoms with E-state index < -0.39 is 0 Å². The Bertz CT molecular complexity index is 965. The molecule has 1 amide bonds. The molecule has 144 valence electrons. The van der Waals surface area contributed by atoms with Gasteiger partial charge in [-0.1, -0.05) is 0 Å². The van der Waals surface area contributed by atoms with Crippen LogP contribution in [0, 0.1) is 12.7 Å². The van der Waals surface area contributed by atoms with Crippen molar-refractivity contribution in [3.05, 3.63) is 60.3 Å². The smallest absolute Gasteiger partial charge is 0.408 e. The number of ether oxygens (including phenoxy) is 1. The predicted octanol–water partition coefficient (Wildman–Crippen LogP) is 3.62. The van der Waals surface area contributed by atoms with Gasteiger partial charge in [-0.2, -0.15) is 15.0 Å². The zero-order valence-corrected chi connectivity index (χ0v) is 15.5. The van der Waals surface area contributed by atoms with Crippen molar-refractivity contribution < 1.29 is 13.9 Å². The van der Waals surface area contributed by atoms with Gasteiger partial charge in [-0.3, -0.25) is 4.98 Å². The van der Waals surface area contributed by atoms with Crippen LogP contribution in [-0.4, -0.2) is 44.1 Å². The third kappa shape index (κ3) is 3.85. The second-order valence-electron chi connectivity index (χ2n) is 6.73. The molecule has 1 aromatic carbocycles. The molecule has 0 saturated carbocycles. The van der Waals surface area contributed by atoms with Gasteiger partial charge >= 0.3 is 6.09 Å². The van der Waals surface area contributed by atoms with E-state index in [9.17, 15) is 9.18 Å².